The zero-order valence-corrected chi connectivity index (χ0v) is 14.1. The summed E-state index contributed by atoms with van der Waals surface area (Å²) in [6, 6.07) is 8.23. The normalized spacial score (nSPS) is 10.8. The molecular weight excluding hydrogens is 330 g/mol. The van der Waals surface area contributed by atoms with Crippen LogP contribution in [0.2, 0.25) is 0 Å². The fourth-order valence-electron chi connectivity index (χ4n) is 2.04. The van der Waals surface area contributed by atoms with Gasteiger partial charge in [0.05, 0.1) is 0 Å². The van der Waals surface area contributed by atoms with Crippen LogP contribution in [0.5, 0.6) is 0 Å². The smallest absolute Gasteiger partial charge is 0.271 e. The van der Waals surface area contributed by atoms with Crippen LogP contribution < -0.4 is 10.9 Å². The highest BCUT2D eigenvalue weighted by Gasteiger charge is 2.13. The molecule has 7 heteroatoms. The lowest BCUT2D eigenvalue weighted by molar-refractivity contribution is 0.0954. The fourth-order valence-corrected chi connectivity index (χ4v) is 3.49. The number of benzene rings is 1. The first-order valence-electron chi connectivity index (χ1n) is 7.08. The molecule has 0 saturated heterocycles. The van der Waals surface area contributed by atoms with Crippen molar-refractivity contribution in [3.8, 4) is 0 Å². The van der Waals surface area contributed by atoms with Gasteiger partial charge in [0.25, 0.3) is 11.5 Å². The third-order valence-electron chi connectivity index (χ3n) is 3.26. The number of nitrogens with zero attached hydrogens (tertiary/aromatic N) is 2. The van der Waals surface area contributed by atoms with Crippen molar-refractivity contribution in [3.05, 3.63) is 63.5 Å². The molecule has 0 unspecified atom stereocenters. The van der Waals surface area contributed by atoms with E-state index in [1.54, 1.807) is 23.3 Å². The number of amides is 1. The lowest BCUT2D eigenvalue weighted by atomic mass is 10.2. The van der Waals surface area contributed by atoms with Crippen molar-refractivity contribution >= 4 is 34.0 Å². The Hall–Kier alpha value is -2.12. The van der Waals surface area contributed by atoms with Crippen molar-refractivity contribution in [2.75, 3.05) is 12.3 Å². The highest BCUT2D eigenvalue weighted by molar-refractivity contribution is 7.99. The van der Waals surface area contributed by atoms with Crippen LogP contribution in [0.15, 0.2) is 51.7 Å². The summed E-state index contributed by atoms with van der Waals surface area (Å²) in [4.78, 5) is 30.2. The van der Waals surface area contributed by atoms with Crippen LogP contribution in [0, 0.1) is 6.92 Å². The Balaban J connectivity index is 1.57. The summed E-state index contributed by atoms with van der Waals surface area (Å²) in [6.07, 6.45) is 2.97. The van der Waals surface area contributed by atoms with Gasteiger partial charge in [0.15, 0.2) is 4.96 Å². The van der Waals surface area contributed by atoms with Crippen molar-refractivity contribution in [3.63, 3.8) is 0 Å². The number of hydrogen-bond donors (Lipinski definition) is 1. The van der Waals surface area contributed by atoms with Crippen LogP contribution >= 0.6 is 23.1 Å². The number of thioether (sulfide) groups is 1. The molecule has 1 aromatic carbocycles. The summed E-state index contributed by atoms with van der Waals surface area (Å²) in [6.45, 7) is 2.54. The van der Waals surface area contributed by atoms with Crippen LogP contribution in [-0.2, 0) is 0 Å². The Morgan fingerprint density at radius 1 is 1.35 bits per heavy atom. The first-order valence-corrected chi connectivity index (χ1v) is 8.94. The SMILES string of the molecule is Cc1ccc(SCCNC(=O)c2cnc3sccn3c2=O)cc1. The Labute approximate surface area is 141 Å². The summed E-state index contributed by atoms with van der Waals surface area (Å²) < 4.78 is 1.39. The quantitative estimate of drug-likeness (QED) is 0.570. The van der Waals surface area contributed by atoms with Gasteiger partial charge in [-0.1, -0.05) is 17.7 Å². The number of nitrogens with one attached hydrogen (secondary N) is 1. The van der Waals surface area contributed by atoms with E-state index in [0.29, 0.717) is 11.5 Å². The Kier molecular flexibility index (Phi) is 4.78. The van der Waals surface area contributed by atoms with E-state index in [2.05, 4.69) is 34.6 Å². The van der Waals surface area contributed by atoms with Gasteiger partial charge in [0, 0.05) is 35.0 Å². The van der Waals surface area contributed by atoms with Gasteiger partial charge in [0.2, 0.25) is 0 Å². The number of aromatic nitrogens is 2. The first kappa shape index (κ1) is 15.8. The minimum Gasteiger partial charge on any atom is -0.351 e. The van der Waals surface area contributed by atoms with Gasteiger partial charge in [-0.2, -0.15) is 0 Å². The van der Waals surface area contributed by atoms with Crippen LogP contribution in [0.4, 0.5) is 0 Å². The molecule has 2 heterocycles. The topological polar surface area (TPSA) is 63.5 Å². The number of fused-ring (bicyclic) bond motifs is 1. The molecule has 2 aromatic heterocycles. The predicted molar refractivity (Wildman–Crippen MR) is 93.6 cm³/mol. The molecule has 0 fully saturated rings. The van der Waals surface area contributed by atoms with Gasteiger partial charge >= 0.3 is 0 Å². The van der Waals surface area contributed by atoms with Crippen molar-refractivity contribution in [1.29, 1.82) is 0 Å². The lowest BCUT2D eigenvalue weighted by Crippen LogP contribution is -2.32. The fraction of sp³-hybridized carbons (Fsp3) is 0.188. The molecule has 3 rings (SSSR count). The van der Waals surface area contributed by atoms with Gasteiger partial charge in [-0.3, -0.25) is 14.0 Å². The highest BCUT2D eigenvalue weighted by atomic mass is 32.2. The van der Waals surface area contributed by atoms with Gasteiger partial charge in [0.1, 0.15) is 5.56 Å². The number of rotatable bonds is 5. The van der Waals surface area contributed by atoms with Crippen molar-refractivity contribution in [2.45, 2.75) is 11.8 Å². The van der Waals surface area contributed by atoms with Crippen molar-refractivity contribution in [1.82, 2.24) is 14.7 Å². The van der Waals surface area contributed by atoms with E-state index in [4.69, 9.17) is 0 Å². The summed E-state index contributed by atoms with van der Waals surface area (Å²) in [5.74, 6) is 0.358. The lowest BCUT2D eigenvalue weighted by Gasteiger charge is -2.05. The van der Waals surface area contributed by atoms with E-state index in [1.165, 1.54) is 27.5 Å². The zero-order valence-electron chi connectivity index (χ0n) is 12.5. The molecular formula is C16H15N3O2S2. The molecule has 0 saturated carbocycles. The molecule has 0 aliphatic carbocycles. The molecule has 23 heavy (non-hydrogen) atoms. The highest BCUT2D eigenvalue weighted by Crippen LogP contribution is 2.17. The van der Waals surface area contributed by atoms with Gasteiger partial charge < -0.3 is 5.32 Å². The maximum atomic E-state index is 12.2. The molecule has 0 atom stereocenters. The second-order valence-corrected chi connectivity index (χ2v) is 6.99. The third kappa shape index (κ3) is 3.62. The Morgan fingerprint density at radius 2 is 2.13 bits per heavy atom. The van der Waals surface area contributed by atoms with Crippen LogP contribution in [0.25, 0.3) is 4.96 Å². The summed E-state index contributed by atoms with van der Waals surface area (Å²) >= 11 is 3.02. The monoisotopic (exact) mass is 345 g/mol. The second kappa shape index (κ2) is 6.97. The minimum absolute atomic E-state index is 0.0706. The van der Waals surface area contributed by atoms with Gasteiger partial charge in [-0.05, 0) is 19.1 Å². The van der Waals surface area contributed by atoms with E-state index in [9.17, 15) is 9.59 Å². The average molecular weight is 345 g/mol. The molecule has 118 valence electrons. The van der Waals surface area contributed by atoms with E-state index in [0.717, 1.165) is 10.6 Å². The zero-order chi connectivity index (χ0) is 16.2. The van der Waals surface area contributed by atoms with Gasteiger partial charge in [-0.25, -0.2) is 4.98 Å². The molecule has 3 aromatic rings. The number of carbonyl (C=O) groups excluding carboxylic acids is 1. The van der Waals surface area contributed by atoms with Crippen molar-refractivity contribution < 1.29 is 4.79 Å². The summed E-state index contributed by atoms with van der Waals surface area (Å²) in [5, 5.41) is 4.54. The molecule has 0 spiro atoms. The molecule has 0 aliphatic rings. The maximum absolute atomic E-state index is 12.2. The first-order chi connectivity index (χ1) is 11.1. The number of aryl methyl sites for hydroxylation is 1. The number of hydrogen-bond acceptors (Lipinski definition) is 5. The maximum Gasteiger partial charge on any atom is 0.271 e. The Bertz CT molecular complexity index is 884. The van der Waals surface area contributed by atoms with E-state index >= 15 is 0 Å². The molecule has 1 amide bonds. The van der Waals surface area contributed by atoms with Gasteiger partial charge in [-0.15, -0.1) is 23.1 Å². The van der Waals surface area contributed by atoms with E-state index in [1.807, 2.05) is 6.92 Å². The molecule has 1 N–H and O–H groups in total. The predicted octanol–water partition coefficient (Wildman–Crippen LogP) is 2.59. The molecule has 0 radical (unpaired) electrons. The average Bonchev–Trinajstić information content (AvgIpc) is 3.03. The number of carbonyl (C=O) groups is 1. The van der Waals surface area contributed by atoms with E-state index < -0.39 is 0 Å². The van der Waals surface area contributed by atoms with Crippen LogP contribution in [0.3, 0.4) is 0 Å². The Morgan fingerprint density at radius 3 is 2.91 bits per heavy atom. The third-order valence-corrected chi connectivity index (χ3v) is 5.05. The van der Waals surface area contributed by atoms with Crippen LogP contribution in [-0.4, -0.2) is 27.6 Å². The molecule has 5 nitrogen and oxygen atoms in total. The number of thiazole rings is 1. The van der Waals surface area contributed by atoms with E-state index in [-0.39, 0.29) is 17.0 Å². The molecule has 0 bridgehead atoms. The second-order valence-electron chi connectivity index (χ2n) is 4.95. The van der Waals surface area contributed by atoms with Crippen molar-refractivity contribution in [2.24, 2.45) is 0 Å². The summed E-state index contributed by atoms with van der Waals surface area (Å²) in [5.41, 5.74) is 0.959. The molecule has 0 aliphatic heterocycles. The minimum atomic E-state index is -0.382. The van der Waals surface area contributed by atoms with Crippen LogP contribution in [0.1, 0.15) is 15.9 Å². The standard InChI is InChI=1S/C16H15N3O2S2/c1-11-2-4-12(5-3-11)22-8-6-17-14(20)13-10-18-16-19(15(13)21)7-9-23-16/h2-5,7,9-10H,6,8H2,1H3,(H,17,20). The largest absolute Gasteiger partial charge is 0.351 e. The summed E-state index contributed by atoms with van der Waals surface area (Å²) in [7, 11) is 0.